The van der Waals surface area contributed by atoms with Crippen LogP contribution in [0.2, 0.25) is 0 Å². The molecule has 3 heterocycles. The smallest absolute Gasteiger partial charge is 0.302 e. The predicted octanol–water partition coefficient (Wildman–Crippen LogP) is 1.79. The molecule has 0 amide bonds. The van der Waals surface area contributed by atoms with E-state index in [9.17, 15) is 21.6 Å². The minimum absolute atomic E-state index is 0.0595. The van der Waals surface area contributed by atoms with E-state index in [2.05, 4.69) is 14.9 Å². The van der Waals surface area contributed by atoms with Gasteiger partial charge in [-0.1, -0.05) is 6.92 Å². The highest BCUT2D eigenvalue weighted by Gasteiger charge is 2.51. The molecule has 134 valence electrons. The standard InChI is InChI=1S/C15H20F3N3O2S/c1-11(4-12-5-19-13(20-6-12)15(16,17)18)7-21-3-2-14(8-21)9-24(22,23)10-14/h5-6,11H,2-4,7-10H2,1H3/t11-/m1/s1. The molecule has 1 aromatic rings. The molecule has 9 heteroatoms. The maximum absolute atomic E-state index is 12.4. The largest absolute Gasteiger partial charge is 0.451 e. The lowest BCUT2D eigenvalue weighted by atomic mass is 9.91. The number of halogens is 3. The SMILES string of the molecule is C[C@H](Cc1cnc(C(F)(F)F)nc1)CN1CCC2(C1)CS(=O)(=O)C2. The van der Waals surface area contributed by atoms with Crippen molar-refractivity contribution in [2.75, 3.05) is 31.1 Å². The summed E-state index contributed by atoms with van der Waals surface area (Å²) in [5, 5.41) is 0. The van der Waals surface area contributed by atoms with E-state index in [-0.39, 0.29) is 22.8 Å². The summed E-state index contributed by atoms with van der Waals surface area (Å²) in [5.74, 6) is -0.307. The molecule has 1 atom stereocenters. The summed E-state index contributed by atoms with van der Waals surface area (Å²) in [6, 6.07) is 0. The second-order valence-corrected chi connectivity index (χ2v) is 9.30. The molecule has 0 unspecified atom stereocenters. The van der Waals surface area contributed by atoms with Crippen LogP contribution in [0.3, 0.4) is 0 Å². The monoisotopic (exact) mass is 363 g/mol. The third kappa shape index (κ3) is 3.88. The summed E-state index contributed by atoms with van der Waals surface area (Å²) in [5.41, 5.74) is 0.617. The summed E-state index contributed by atoms with van der Waals surface area (Å²) < 4.78 is 60.1. The quantitative estimate of drug-likeness (QED) is 0.816. The number of nitrogens with zero attached hydrogens (tertiary/aromatic N) is 3. The van der Waals surface area contributed by atoms with Crippen molar-refractivity contribution in [2.24, 2.45) is 11.3 Å². The van der Waals surface area contributed by atoms with Gasteiger partial charge in [-0.15, -0.1) is 0 Å². The van der Waals surface area contributed by atoms with Gasteiger partial charge in [-0.2, -0.15) is 13.2 Å². The van der Waals surface area contributed by atoms with Crippen molar-refractivity contribution in [3.8, 4) is 0 Å². The topological polar surface area (TPSA) is 63.2 Å². The van der Waals surface area contributed by atoms with Gasteiger partial charge in [0.25, 0.3) is 0 Å². The lowest BCUT2D eigenvalue weighted by Gasteiger charge is -2.37. The minimum atomic E-state index is -4.52. The summed E-state index contributed by atoms with van der Waals surface area (Å²) >= 11 is 0. The number of hydrogen-bond donors (Lipinski definition) is 0. The van der Waals surface area contributed by atoms with Crippen LogP contribution >= 0.6 is 0 Å². The molecule has 0 bridgehead atoms. The average Bonchev–Trinajstić information content (AvgIpc) is 2.79. The van der Waals surface area contributed by atoms with Gasteiger partial charge in [0.05, 0.1) is 11.5 Å². The Bertz CT molecular complexity index is 692. The molecule has 0 saturated carbocycles. The number of aromatic nitrogens is 2. The second-order valence-electron chi connectivity index (χ2n) is 7.24. The summed E-state index contributed by atoms with van der Waals surface area (Å²) in [6.07, 6.45) is -0.550. The van der Waals surface area contributed by atoms with E-state index in [0.29, 0.717) is 12.0 Å². The normalized spacial score (nSPS) is 24.0. The van der Waals surface area contributed by atoms with Crippen molar-refractivity contribution in [1.29, 1.82) is 0 Å². The maximum Gasteiger partial charge on any atom is 0.451 e. The molecule has 2 aliphatic rings. The molecule has 0 aromatic carbocycles. The van der Waals surface area contributed by atoms with Gasteiger partial charge < -0.3 is 4.90 Å². The number of hydrogen-bond acceptors (Lipinski definition) is 5. The van der Waals surface area contributed by atoms with E-state index >= 15 is 0 Å². The van der Waals surface area contributed by atoms with Crippen LogP contribution in [0, 0.1) is 11.3 Å². The van der Waals surface area contributed by atoms with Crippen molar-refractivity contribution >= 4 is 9.84 Å². The maximum atomic E-state index is 12.4. The van der Waals surface area contributed by atoms with Gasteiger partial charge in [-0.25, -0.2) is 18.4 Å². The molecule has 5 nitrogen and oxygen atoms in total. The first kappa shape index (κ1) is 17.6. The van der Waals surface area contributed by atoms with E-state index in [4.69, 9.17) is 0 Å². The molecule has 0 radical (unpaired) electrons. The highest BCUT2D eigenvalue weighted by Crippen LogP contribution is 2.41. The second kappa shape index (κ2) is 5.94. The molecule has 1 spiro atoms. The van der Waals surface area contributed by atoms with E-state index < -0.39 is 21.8 Å². The minimum Gasteiger partial charge on any atom is -0.302 e. The van der Waals surface area contributed by atoms with Gasteiger partial charge in [0.2, 0.25) is 5.82 Å². The number of sulfone groups is 1. The van der Waals surface area contributed by atoms with Gasteiger partial charge >= 0.3 is 6.18 Å². The van der Waals surface area contributed by atoms with Gasteiger partial charge in [0.1, 0.15) is 0 Å². The number of rotatable bonds is 4. The Morgan fingerprint density at radius 2 is 1.92 bits per heavy atom. The summed E-state index contributed by atoms with van der Waals surface area (Å²) in [4.78, 5) is 9.01. The Morgan fingerprint density at radius 1 is 1.29 bits per heavy atom. The van der Waals surface area contributed by atoms with Crippen LogP contribution in [-0.2, 0) is 22.4 Å². The fraction of sp³-hybridized carbons (Fsp3) is 0.733. The van der Waals surface area contributed by atoms with Crippen molar-refractivity contribution in [3.05, 3.63) is 23.8 Å². The van der Waals surface area contributed by atoms with Gasteiger partial charge in [0.15, 0.2) is 9.84 Å². The van der Waals surface area contributed by atoms with Crippen LogP contribution in [0.25, 0.3) is 0 Å². The van der Waals surface area contributed by atoms with Crippen LogP contribution < -0.4 is 0 Å². The first-order valence-electron chi connectivity index (χ1n) is 7.88. The number of alkyl halides is 3. The Morgan fingerprint density at radius 3 is 2.46 bits per heavy atom. The molecular formula is C15H20F3N3O2S. The highest BCUT2D eigenvalue weighted by atomic mass is 32.2. The molecule has 2 aliphatic heterocycles. The molecular weight excluding hydrogens is 343 g/mol. The molecule has 1 aromatic heterocycles. The zero-order valence-corrected chi connectivity index (χ0v) is 14.2. The third-order valence-corrected chi connectivity index (χ3v) is 6.79. The van der Waals surface area contributed by atoms with Crippen LogP contribution in [0.15, 0.2) is 12.4 Å². The van der Waals surface area contributed by atoms with Crippen molar-refractivity contribution in [1.82, 2.24) is 14.9 Å². The first-order valence-corrected chi connectivity index (χ1v) is 9.70. The zero-order valence-electron chi connectivity index (χ0n) is 13.4. The predicted molar refractivity (Wildman–Crippen MR) is 82.0 cm³/mol. The summed E-state index contributed by atoms with van der Waals surface area (Å²) in [6.45, 7) is 4.49. The van der Waals surface area contributed by atoms with Crippen molar-refractivity contribution < 1.29 is 21.6 Å². The lowest BCUT2D eigenvalue weighted by molar-refractivity contribution is -0.145. The van der Waals surface area contributed by atoms with Gasteiger partial charge in [-0.05, 0) is 30.9 Å². The first-order chi connectivity index (χ1) is 11.1. The van der Waals surface area contributed by atoms with Crippen LogP contribution in [-0.4, -0.2) is 54.4 Å². The Balaban J connectivity index is 1.50. The van der Waals surface area contributed by atoms with Gasteiger partial charge in [-0.3, -0.25) is 0 Å². The van der Waals surface area contributed by atoms with Crippen LogP contribution in [0.4, 0.5) is 13.2 Å². The Hall–Kier alpha value is -1.22. The summed E-state index contributed by atoms with van der Waals surface area (Å²) in [7, 11) is -2.82. The van der Waals surface area contributed by atoms with Crippen molar-refractivity contribution in [3.63, 3.8) is 0 Å². The number of likely N-dealkylation sites (tertiary alicyclic amines) is 1. The van der Waals surface area contributed by atoms with Crippen molar-refractivity contribution in [2.45, 2.75) is 25.9 Å². The zero-order chi connectivity index (χ0) is 17.6. The molecule has 2 fully saturated rings. The van der Waals surface area contributed by atoms with E-state index in [1.54, 1.807) is 0 Å². The van der Waals surface area contributed by atoms with E-state index in [1.165, 1.54) is 12.4 Å². The molecule has 3 rings (SSSR count). The molecule has 2 saturated heterocycles. The highest BCUT2D eigenvalue weighted by molar-refractivity contribution is 7.92. The molecule has 24 heavy (non-hydrogen) atoms. The Labute approximate surface area is 139 Å². The van der Waals surface area contributed by atoms with Crippen LogP contribution in [0.1, 0.15) is 24.7 Å². The lowest BCUT2D eigenvalue weighted by Crippen LogP contribution is -2.50. The van der Waals surface area contributed by atoms with E-state index in [0.717, 1.165) is 26.1 Å². The van der Waals surface area contributed by atoms with Gasteiger partial charge in [0, 0.05) is 30.9 Å². The fourth-order valence-electron chi connectivity index (χ4n) is 3.82. The Kier molecular flexibility index (Phi) is 4.36. The third-order valence-electron chi connectivity index (χ3n) is 4.68. The van der Waals surface area contributed by atoms with E-state index in [1.807, 2.05) is 6.92 Å². The van der Waals surface area contributed by atoms with Crippen LogP contribution in [0.5, 0.6) is 0 Å². The fourth-order valence-corrected chi connectivity index (χ4v) is 6.08. The average molecular weight is 363 g/mol. The molecule has 0 N–H and O–H groups in total. The molecule has 0 aliphatic carbocycles.